The number of rotatable bonds is 20. The van der Waals surface area contributed by atoms with Crippen molar-refractivity contribution in [3.63, 3.8) is 0 Å². The summed E-state index contributed by atoms with van der Waals surface area (Å²) >= 11 is 23.9. The van der Waals surface area contributed by atoms with Crippen molar-refractivity contribution in [2.24, 2.45) is 0 Å². The van der Waals surface area contributed by atoms with E-state index in [0.717, 1.165) is 25.7 Å². The predicted molar refractivity (Wildman–Crippen MR) is 181 cm³/mol. The molecule has 11 nitrogen and oxygen atoms in total. The zero-order chi connectivity index (χ0) is 35.0. The molecule has 0 aliphatic carbocycles. The molecule has 2 aromatic rings. The molecule has 1 heterocycles. The van der Waals surface area contributed by atoms with Gasteiger partial charge in [0, 0.05) is 13.2 Å². The van der Waals surface area contributed by atoms with Crippen molar-refractivity contribution in [2.75, 3.05) is 26.4 Å². The van der Waals surface area contributed by atoms with Crippen LogP contribution in [0.2, 0.25) is 0 Å². The highest BCUT2D eigenvalue weighted by Crippen LogP contribution is 2.52. The van der Waals surface area contributed by atoms with E-state index in [-0.39, 0.29) is 30.8 Å². The van der Waals surface area contributed by atoms with Gasteiger partial charge in [-0.25, -0.2) is 9.36 Å². The number of halogens is 4. The molecule has 0 bridgehead atoms. The Balaban J connectivity index is 1.90. The molecule has 3 rings (SSSR count). The monoisotopic (exact) mass is 761 g/mol. The number of hydrogen-bond donors (Lipinski definition) is 2. The smallest absolute Gasteiger partial charge is 0.445 e. The topological polar surface area (TPSA) is 131 Å². The van der Waals surface area contributed by atoms with Crippen molar-refractivity contribution in [3.8, 4) is 11.5 Å². The highest BCUT2D eigenvalue weighted by Gasteiger charge is 2.52. The molecule has 1 amide bonds. The number of ether oxygens (including phenoxy) is 4. The van der Waals surface area contributed by atoms with Gasteiger partial charge in [0.1, 0.15) is 42.5 Å². The molecule has 0 aromatic heterocycles. The van der Waals surface area contributed by atoms with E-state index < -0.39 is 54.2 Å². The molecule has 1 aliphatic rings. The van der Waals surface area contributed by atoms with Crippen LogP contribution in [0.4, 0.5) is 4.79 Å². The normalized spacial score (nSPS) is 22.6. The second kappa shape index (κ2) is 20.2. The second-order valence-corrected chi connectivity index (χ2v) is 15.2. The minimum absolute atomic E-state index is 0.101. The number of carbonyl (C=O) groups excluding carboxylic acids is 1. The summed E-state index contributed by atoms with van der Waals surface area (Å²) in [6.07, 6.45) is -0.0865. The molecule has 0 saturated carbocycles. The van der Waals surface area contributed by atoms with Gasteiger partial charge in [-0.15, -0.1) is 0 Å². The van der Waals surface area contributed by atoms with Crippen molar-refractivity contribution in [1.29, 1.82) is 1.43 Å². The standard InChI is InChI=1S/C31H42Cl4NO10P/c1-3-4-5-12-18-40-22(2)17-19-41-28-26(36-30(38)42-21-31(33,34)35)29(32)43-25(20-37)27(28)46-47(39,44-23-13-8-6-9-14-23)45-24-15-10-7-11-16-24/h6-11,13-16,22,25-29,37H,3-5,12,17-21H2,1-2H3,(H,36,38)/t22-,25?,26+,27-,28-,29?/m1/s1/i37T. The van der Waals surface area contributed by atoms with Gasteiger partial charge < -0.3 is 38.4 Å². The minimum Gasteiger partial charge on any atom is -0.445 e. The number of para-hydroxylation sites is 2. The third-order valence-electron chi connectivity index (χ3n) is 6.85. The van der Waals surface area contributed by atoms with E-state index in [1.807, 2.05) is 6.92 Å². The van der Waals surface area contributed by atoms with Crippen LogP contribution in [0.1, 0.15) is 46.0 Å². The van der Waals surface area contributed by atoms with E-state index in [4.69, 9.17) is 80.4 Å². The van der Waals surface area contributed by atoms with Crippen LogP contribution < -0.4 is 14.4 Å². The Morgan fingerprint density at radius 1 is 1.02 bits per heavy atom. The molecule has 47 heavy (non-hydrogen) atoms. The number of aliphatic hydroxyl groups excluding tert-OH is 1. The lowest BCUT2D eigenvalue weighted by Crippen LogP contribution is -2.64. The first kappa shape index (κ1) is 38.3. The molecule has 1 saturated heterocycles. The number of hydrogen-bond acceptors (Lipinski definition) is 10. The quantitative estimate of drug-likeness (QED) is 0.0782. The molecule has 1 fully saturated rings. The number of unbranched alkanes of at least 4 members (excludes halogenated alkanes) is 3. The van der Waals surface area contributed by atoms with Gasteiger partial charge in [-0.05, 0) is 44.0 Å². The van der Waals surface area contributed by atoms with Crippen LogP contribution in [-0.2, 0) is 28.0 Å². The molecule has 2 aromatic carbocycles. The van der Waals surface area contributed by atoms with Crippen LogP contribution in [0.15, 0.2) is 60.7 Å². The average Bonchev–Trinajstić information content (AvgIpc) is 3.04. The van der Waals surface area contributed by atoms with Gasteiger partial charge in [0.2, 0.25) is 5.22 Å². The molecule has 2 N–H and O–H groups in total. The van der Waals surface area contributed by atoms with Gasteiger partial charge in [-0.2, -0.15) is 0 Å². The Hall–Kier alpha value is -1.50. The average molecular weight is 763 g/mol. The number of benzene rings is 2. The van der Waals surface area contributed by atoms with Gasteiger partial charge in [0.15, 0.2) is 5.56 Å². The Kier molecular flexibility index (Phi) is 16.5. The summed E-state index contributed by atoms with van der Waals surface area (Å²) in [7, 11) is -4.56. The number of alkyl carbamates (subject to hydrolysis) is 1. The molecule has 2 unspecified atom stereocenters. The molecular weight excluding hydrogens is 719 g/mol. The lowest BCUT2D eigenvalue weighted by Gasteiger charge is -2.44. The minimum atomic E-state index is -4.56. The van der Waals surface area contributed by atoms with Crippen molar-refractivity contribution in [1.82, 2.24) is 5.32 Å². The van der Waals surface area contributed by atoms with Crippen molar-refractivity contribution in [3.05, 3.63) is 60.7 Å². The Bertz CT molecular complexity index is 1210. The molecule has 264 valence electrons. The Labute approximate surface area is 297 Å². The van der Waals surface area contributed by atoms with Crippen molar-refractivity contribution >= 4 is 60.3 Å². The molecular formula is C31H42Cl4NO10P. The van der Waals surface area contributed by atoms with Gasteiger partial charge in [0.25, 0.3) is 0 Å². The van der Waals surface area contributed by atoms with Crippen LogP contribution >= 0.6 is 54.2 Å². The summed E-state index contributed by atoms with van der Waals surface area (Å²) < 4.78 is 61.0. The summed E-state index contributed by atoms with van der Waals surface area (Å²) in [6, 6.07) is 15.4. The fourth-order valence-corrected chi connectivity index (χ4v) is 6.46. The van der Waals surface area contributed by atoms with Crippen LogP contribution in [0, 0.1) is 0 Å². The first-order valence-electron chi connectivity index (χ1n) is 15.7. The van der Waals surface area contributed by atoms with Gasteiger partial charge in [-0.3, -0.25) is 4.52 Å². The molecule has 1 aliphatic heterocycles. The number of phosphoric ester groups is 1. The summed E-state index contributed by atoms with van der Waals surface area (Å²) in [6.45, 7) is 3.82. The van der Waals surface area contributed by atoms with Crippen LogP contribution in [0.3, 0.4) is 0 Å². The number of carbonyl (C=O) groups is 1. The van der Waals surface area contributed by atoms with E-state index in [0.29, 0.717) is 13.0 Å². The van der Waals surface area contributed by atoms with Gasteiger partial charge >= 0.3 is 13.9 Å². The lowest BCUT2D eigenvalue weighted by molar-refractivity contribution is -0.184. The zero-order valence-corrected chi connectivity index (χ0v) is 30.1. The maximum absolute atomic E-state index is 14.4. The highest BCUT2D eigenvalue weighted by molar-refractivity contribution is 7.49. The second-order valence-electron chi connectivity index (χ2n) is 10.7. The fraction of sp³-hybridized carbons (Fsp3) is 0.581. The third kappa shape index (κ3) is 14.5. The largest absolute Gasteiger partial charge is 0.588 e. The predicted octanol–water partition coefficient (Wildman–Crippen LogP) is 7.82. The Morgan fingerprint density at radius 2 is 1.66 bits per heavy atom. The SMILES string of the molecule is [3H]OCC1OC(Cl)[C@@H](NC(=O)OCC(Cl)(Cl)Cl)[C@@H](OCC[C@@H](C)OCCCCCC)[C@@H]1OP(=O)(Oc1ccccc1)Oc1ccccc1. The highest BCUT2D eigenvalue weighted by atomic mass is 35.6. The number of alkyl halides is 4. The number of phosphoric acid groups is 1. The summed E-state index contributed by atoms with van der Waals surface area (Å²) in [5.74, 6) is 0.369. The number of aliphatic hydroxyl groups is 1. The van der Waals surface area contributed by atoms with Gasteiger partial charge in [-0.1, -0.05) is 109 Å². The molecule has 6 atom stereocenters. The van der Waals surface area contributed by atoms with Crippen LogP contribution in [-0.4, -0.2) is 78.9 Å². The summed E-state index contributed by atoms with van der Waals surface area (Å²) in [5, 5.41) is 7.22. The van der Waals surface area contributed by atoms with E-state index in [9.17, 15) is 9.36 Å². The molecule has 16 heteroatoms. The zero-order valence-electron chi connectivity index (χ0n) is 27.1. The van der Waals surface area contributed by atoms with E-state index in [2.05, 4.69) is 17.3 Å². The Morgan fingerprint density at radius 3 is 2.23 bits per heavy atom. The van der Waals surface area contributed by atoms with Crippen molar-refractivity contribution in [2.45, 2.75) is 85.8 Å². The summed E-state index contributed by atoms with van der Waals surface area (Å²) in [5.41, 5.74) is -1.26. The van der Waals surface area contributed by atoms with E-state index >= 15 is 0 Å². The molecule has 0 radical (unpaired) electrons. The third-order valence-corrected chi connectivity index (χ3v) is 8.93. The number of amides is 1. The van der Waals surface area contributed by atoms with Gasteiger partial charge in [0.05, 0.1) is 12.7 Å². The van der Waals surface area contributed by atoms with E-state index in [1.165, 1.54) is 0 Å². The lowest BCUT2D eigenvalue weighted by atomic mass is 9.98. The fourth-order valence-electron chi connectivity index (χ4n) is 4.53. The number of nitrogens with one attached hydrogen (secondary N) is 1. The maximum Gasteiger partial charge on any atom is 0.588 e. The maximum atomic E-state index is 14.4. The van der Waals surface area contributed by atoms with Crippen LogP contribution in [0.5, 0.6) is 11.5 Å². The molecule has 0 spiro atoms. The van der Waals surface area contributed by atoms with Crippen LogP contribution in [0.25, 0.3) is 0 Å². The first-order chi connectivity index (χ1) is 22.9. The van der Waals surface area contributed by atoms with E-state index in [1.54, 1.807) is 60.7 Å². The van der Waals surface area contributed by atoms with Crippen molar-refractivity contribution < 1.29 is 47.0 Å². The first-order valence-corrected chi connectivity index (χ1v) is 18.3. The summed E-state index contributed by atoms with van der Waals surface area (Å²) in [4.78, 5) is 12.8.